The molecule has 0 atom stereocenters. The van der Waals surface area contributed by atoms with Crippen LogP contribution in [0.5, 0.6) is 0 Å². The molecule has 0 aromatic carbocycles. The summed E-state index contributed by atoms with van der Waals surface area (Å²) in [5.74, 6) is 0. The fourth-order valence-electron chi connectivity index (χ4n) is 0. The Morgan fingerprint density at radius 3 is 1.22 bits per heavy atom. The third-order valence-electron chi connectivity index (χ3n) is 0. The first-order valence-corrected chi connectivity index (χ1v) is 1.84. The second-order valence-corrected chi connectivity index (χ2v) is 1.12. The molecule has 0 bridgehead atoms. The number of thiocarbonyl (C=S) groups is 1. The number of rotatable bonds is 0. The molecule has 0 fully saturated rings. The summed E-state index contributed by atoms with van der Waals surface area (Å²) in [5.41, 5.74) is 9.24. The zero-order valence-corrected chi connectivity index (χ0v) is 7.94. The topological polar surface area (TPSA) is 52.0 Å². The summed E-state index contributed by atoms with van der Waals surface area (Å²) in [5, 5.41) is 0.000000000000000222. The van der Waals surface area contributed by atoms with Crippen molar-refractivity contribution in [2.45, 2.75) is 0 Å². The maximum absolute atomic E-state index is 9.67. The fraction of sp³-hybridized carbons (Fsp3) is 0. The van der Waals surface area contributed by atoms with E-state index in [4.69, 9.17) is 0 Å². The van der Waals surface area contributed by atoms with E-state index in [9.17, 15) is 12.9 Å². The van der Waals surface area contributed by atoms with Crippen molar-refractivity contribution in [2.24, 2.45) is 11.5 Å². The minimum Gasteiger partial charge on any atom is -0.377 e. The first kappa shape index (κ1) is 16.2. The van der Waals surface area contributed by atoms with Crippen molar-refractivity contribution in [3.8, 4) is 0 Å². The van der Waals surface area contributed by atoms with Crippen LogP contribution in [0.3, 0.4) is 0 Å². The second-order valence-electron chi connectivity index (χ2n) is 0.650. The summed E-state index contributed by atoms with van der Waals surface area (Å²) in [6, 6.07) is 0. The van der Waals surface area contributed by atoms with Gasteiger partial charge >= 0.3 is 7.54 Å². The molecule has 0 saturated heterocycles. The molecule has 0 spiro atoms. The minimum atomic E-state index is -3.67. The van der Waals surface area contributed by atoms with Crippen LogP contribution in [0.4, 0.5) is 12.9 Å². The Hall–Kier alpha value is 0.344. The molecule has 0 aromatic rings. The third-order valence-corrected chi connectivity index (χ3v) is 0. The van der Waals surface area contributed by atoms with Gasteiger partial charge in [-0.05, 0) is 12.2 Å². The summed E-state index contributed by atoms with van der Waals surface area (Å²) >= 11 is 4.09. The van der Waals surface area contributed by atoms with Gasteiger partial charge in [0, 0.05) is 23.9 Å². The Labute approximate surface area is 73.3 Å². The van der Waals surface area contributed by atoms with Crippen LogP contribution in [0.25, 0.3) is 0 Å². The van der Waals surface area contributed by atoms with Gasteiger partial charge in [-0.1, -0.05) is 0 Å². The molecule has 0 saturated carbocycles. The minimum absolute atomic E-state index is 0. The molecule has 0 aliphatic heterocycles. The van der Waals surface area contributed by atoms with E-state index in [1.165, 1.54) is 0 Å². The predicted octanol–water partition coefficient (Wildman–Crippen LogP) is -0.312. The van der Waals surface area contributed by atoms with E-state index in [1.54, 1.807) is 0 Å². The Morgan fingerprint density at radius 2 is 1.22 bits per heavy atom. The van der Waals surface area contributed by atoms with Crippen LogP contribution in [0.1, 0.15) is 0 Å². The molecule has 0 aliphatic carbocycles. The van der Waals surface area contributed by atoms with Crippen LogP contribution in [0.15, 0.2) is 0 Å². The molecule has 8 heteroatoms. The van der Waals surface area contributed by atoms with Crippen LogP contribution in [0.2, 0.25) is 0 Å². The van der Waals surface area contributed by atoms with Crippen LogP contribution < -0.4 is 11.5 Å². The van der Waals surface area contributed by atoms with Crippen molar-refractivity contribution >= 4 is 48.8 Å². The quantitative estimate of drug-likeness (QED) is 0.465. The smallest absolute Gasteiger partial charge is 0.377 e. The predicted molar refractivity (Wildman–Crippen MR) is 35.8 cm³/mol. The van der Waals surface area contributed by atoms with Gasteiger partial charge in [-0.3, -0.25) is 12.9 Å². The summed E-state index contributed by atoms with van der Waals surface area (Å²) < 4.78 is 29.0. The molecule has 52 valence electrons. The van der Waals surface area contributed by atoms with Gasteiger partial charge in [0.2, 0.25) is 0 Å². The first-order chi connectivity index (χ1) is 3.46. The molecule has 0 unspecified atom stereocenters. The molecule has 0 aliphatic rings. The zero-order valence-electron chi connectivity index (χ0n) is 4.27. The second kappa shape index (κ2) is 11.2. The van der Waals surface area contributed by atoms with Crippen molar-refractivity contribution in [3.05, 3.63) is 0 Å². The Morgan fingerprint density at radius 1 is 1.22 bits per heavy atom. The van der Waals surface area contributed by atoms with Gasteiger partial charge in [0.25, 0.3) is 0 Å². The van der Waals surface area contributed by atoms with E-state index < -0.39 is 7.54 Å². The van der Waals surface area contributed by atoms with Gasteiger partial charge in [0.1, 0.15) is 0 Å². The van der Waals surface area contributed by atoms with E-state index >= 15 is 0 Å². The Kier molecular flexibility index (Phi) is 20.1. The van der Waals surface area contributed by atoms with Crippen LogP contribution >= 0.6 is 12.2 Å². The van der Waals surface area contributed by atoms with Gasteiger partial charge in [-0.25, -0.2) is 0 Å². The number of hydrogen-bond acceptors (Lipinski definition) is 1. The van der Waals surface area contributed by atoms with Crippen molar-refractivity contribution in [2.75, 3.05) is 0 Å². The summed E-state index contributed by atoms with van der Waals surface area (Å²) in [4.78, 5) is 0. The van der Waals surface area contributed by atoms with E-state index in [-0.39, 0.29) is 29.0 Å². The standard InChI is InChI=1S/CH4N2S.BF3.Sn/c2*2-1(3)4;/h(H4,2,3,4);;. The summed E-state index contributed by atoms with van der Waals surface area (Å²) in [6.45, 7) is 0. The van der Waals surface area contributed by atoms with E-state index in [0.29, 0.717) is 0 Å². The van der Waals surface area contributed by atoms with E-state index in [0.717, 1.165) is 0 Å². The molecular formula is CH4BF3N2SSn. The summed E-state index contributed by atoms with van der Waals surface area (Å²) in [7, 11) is -3.67. The molecule has 9 heavy (non-hydrogen) atoms. The van der Waals surface area contributed by atoms with Gasteiger partial charge in [0.05, 0.1) is 0 Å². The van der Waals surface area contributed by atoms with Crippen LogP contribution in [0, 0.1) is 0 Å². The number of nitrogens with two attached hydrogens (primary N) is 2. The van der Waals surface area contributed by atoms with E-state index in [2.05, 4.69) is 23.7 Å². The average molecular weight is 263 g/mol. The van der Waals surface area contributed by atoms with Crippen molar-refractivity contribution in [3.63, 3.8) is 0 Å². The first-order valence-electron chi connectivity index (χ1n) is 1.44. The molecule has 2 nitrogen and oxygen atoms in total. The Bertz CT molecular complexity index is 66.1. The van der Waals surface area contributed by atoms with Gasteiger partial charge in [-0.15, -0.1) is 0 Å². The molecule has 0 heterocycles. The zero-order chi connectivity index (χ0) is 7.15. The maximum atomic E-state index is 9.67. The number of halogens is 3. The third kappa shape index (κ3) is 2840. The molecule has 4 N–H and O–H groups in total. The maximum Gasteiger partial charge on any atom is 0.762 e. The molecule has 0 amide bonds. The van der Waals surface area contributed by atoms with Crippen molar-refractivity contribution in [1.82, 2.24) is 0 Å². The normalized spacial score (nSPS) is 5.67. The molecule has 0 aromatic heterocycles. The SMILES string of the molecule is FB(F)F.NC(N)=S.[Sn]. The van der Waals surface area contributed by atoms with Gasteiger partial charge < -0.3 is 11.5 Å². The van der Waals surface area contributed by atoms with Gasteiger partial charge in [-0.2, -0.15) is 0 Å². The average Bonchev–Trinajstić information content (AvgIpc) is 1.25. The van der Waals surface area contributed by atoms with E-state index in [1.807, 2.05) is 0 Å². The molecule has 4 radical (unpaired) electrons. The Balaban J connectivity index is -0.0000000720. The molecule has 0 rings (SSSR count). The van der Waals surface area contributed by atoms with Gasteiger partial charge in [0.15, 0.2) is 5.11 Å². The largest absolute Gasteiger partial charge is 0.762 e. The van der Waals surface area contributed by atoms with Crippen LogP contribution in [-0.4, -0.2) is 36.6 Å². The number of hydrogen-bond donors (Lipinski definition) is 2. The summed E-state index contributed by atoms with van der Waals surface area (Å²) in [6.07, 6.45) is 0. The monoisotopic (exact) mass is 264 g/mol. The van der Waals surface area contributed by atoms with Crippen molar-refractivity contribution < 1.29 is 12.9 Å². The fourth-order valence-corrected chi connectivity index (χ4v) is 0. The van der Waals surface area contributed by atoms with Crippen LogP contribution in [-0.2, 0) is 0 Å². The molecular weight excluding hydrogens is 259 g/mol. The van der Waals surface area contributed by atoms with Crippen molar-refractivity contribution in [1.29, 1.82) is 0 Å².